The third-order valence-corrected chi connectivity index (χ3v) is 2.39. The Labute approximate surface area is 108 Å². The van der Waals surface area contributed by atoms with Crippen molar-refractivity contribution in [3.63, 3.8) is 0 Å². The fraction of sp³-hybridized carbons (Fsp3) is 0.500. The summed E-state index contributed by atoms with van der Waals surface area (Å²) in [5.41, 5.74) is 7.18. The van der Waals surface area contributed by atoms with Crippen molar-refractivity contribution in [2.75, 3.05) is 5.32 Å². The Morgan fingerprint density at radius 3 is 2.41 bits per heavy atom. The molecule has 0 aromatic carbocycles. The Bertz CT molecular complexity index is 370. The van der Waals surface area contributed by atoms with Crippen LogP contribution in [0.15, 0.2) is 18.3 Å². The summed E-state index contributed by atoms with van der Waals surface area (Å²) < 4.78 is 0. The Balaban J connectivity index is 0.00000256. The zero-order valence-corrected chi connectivity index (χ0v) is 11.5. The number of aryl methyl sites for hydroxylation is 1. The van der Waals surface area contributed by atoms with Gasteiger partial charge in [0, 0.05) is 5.69 Å². The monoisotopic (exact) mass is 257 g/mol. The number of pyridine rings is 1. The summed E-state index contributed by atoms with van der Waals surface area (Å²) in [6.07, 6.45) is 1.63. The van der Waals surface area contributed by atoms with E-state index in [0.29, 0.717) is 5.69 Å². The van der Waals surface area contributed by atoms with Gasteiger partial charge >= 0.3 is 0 Å². The maximum absolute atomic E-state index is 11.8. The smallest absolute Gasteiger partial charge is 0.241 e. The standard InChI is InChI=1S/C12H19N3O.ClH/c1-8-5-6-9(7-14-8)15-11(16)10(13)12(2,3)4;/h5-7,10H,13H2,1-4H3,(H,15,16);1H/t10-;/m1./s1. The quantitative estimate of drug-likeness (QED) is 0.853. The molecule has 1 rings (SSSR count). The Morgan fingerprint density at radius 2 is 2.00 bits per heavy atom. The Hall–Kier alpha value is -1.13. The van der Waals surface area contributed by atoms with E-state index in [9.17, 15) is 4.79 Å². The van der Waals surface area contributed by atoms with Crippen LogP contribution in [-0.4, -0.2) is 16.9 Å². The molecule has 0 saturated carbocycles. The van der Waals surface area contributed by atoms with Crippen molar-refractivity contribution in [1.29, 1.82) is 0 Å². The molecule has 0 fully saturated rings. The lowest BCUT2D eigenvalue weighted by Gasteiger charge is -2.25. The molecule has 0 aliphatic rings. The van der Waals surface area contributed by atoms with Gasteiger partial charge in [0.15, 0.2) is 0 Å². The van der Waals surface area contributed by atoms with Crippen LogP contribution in [0.5, 0.6) is 0 Å². The molecule has 1 aromatic rings. The van der Waals surface area contributed by atoms with Gasteiger partial charge in [-0.2, -0.15) is 0 Å². The van der Waals surface area contributed by atoms with Crippen LogP contribution >= 0.6 is 12.4 Å². The summed E-state index contributed by atoms with van der Waals surface area (Å²) in [4.78, 5) is 15.9. The van der Waals surface area contributed by atoms with E-state index in [0.717, 1.165) is 5.69 Å². The number of nitrogens with zero attached hydrogens (tertiary/aromatic N) is 1. The number of nitrogens with one attached hydrogen (secondary N) is 1. The lowest BCUT2D eigenvalue weighted by atomic mass is 9.87. The number of nitrogens with two attached hydrogens (primary N) is 1. The average Bonchev–Trinajstić information content (AvgIpc) is 2.19. The number of aromatic nitrogens is 1. The predicted molar refractivity (Wildman–Crippen MR) is 72.3 cm³/mol. The van der Waals surface area contributed by atoms with Gasteiger partial charge in [-0.1, -0.05) is 20.8 Å². The number of rotatable bonds is 2. The molecule has 0 bridgehead atoms. The second-order valence-corrected chi connectivity index (χ2v) is 5.02. The minimum Gasteiger partial charge on any atom is -0.323 e. The summed E-state index contributed by atoms with van der Waals surface area (Å²) in [7, 11) is 0. The molecule has 1 atom stereocenters. The minimum atomic E-state index is -0.534. The van der Waals surface area contributed by atoms with Crippen molar-refractivity contribution >= 4 is 24.0 Å². The van der Waals surface area contributed by atoms with E-state index in [-0.39, 0.29) is 23.7 Å². The van der Waals surface area contributed by atoms with Crippen LogP contribution in [0.25, 0.3) is 0 Å². The highest BCUT2D eigenvalue weighted by Crippen LogP contribution is 2.18. The third kappa shape index (κ3) is 4.71. The van der Waals surface area contributed by atoms with Crippen LogP contribution in [-0.2, 0) is 4.79 Å². The van der Waals surface area contributed by atoms with Gasteiger partial charge in [-0.05, 0) is 24.5 Å². The van der Waals surface area contributed by atoms with Crippen molar-refractivity contribution in [2.45, 2.75) is 33.7 Å². The highest BCUT2D eigenvalue weighted by atomic mass is 35.5. The fourth-order valence-electron chi connectivity index (χ4n) is 1.16. The first-order valence-corrected chi connectivity index (χ1v) is 5.30. The van der Waals surface area contributed by atoms with E-state index in [1.165, 1.54) is 0 Å². The molecule has 1 amide bonds. The zero-order valence-electron chi connectivity index (χ0n) is 10.7. The number of anilines is 1. The van der Waals surface area contributed by atoms with Crippen LogP contribution in [0.3, 0.4) is 0 Å². The predicted octanol–water partition coefficient (Wildman–Crippen LogP) is 2.12. The van der Waals surface area contributed by atoms with E-state index in [4.69, 9.17) is 5.73 Å². The van der Waals surface area contributed by atoms with E-state index in [1.807, 2.05) is 39.8 Å². The van der Waals surface area contributed by atoms with Crippen molar-refractivity contribution < 1.29 is 4.79 Å². The molecule has 5 heteroatoms. The van der Waals surface area contributed by atoms with E-state index < -0.39 is 6.04 Å². The molecular weight excluding hydrogens is 238 g/mol. The van der Waals surface area contributed by atoms with Gasteiger partial charge in [0.25, 0.3) is 0 Å². The van der Waals surface area contributed by atoms with E-state index in [2.05, 4.69) is 10.3 Å². The minimum absolute atomic E-state index is 0. The highest BCUT2D eigenvalue weighted by Gasteiger charge is 2.27. The van der Waals surface area contributed by atoms with Gasteiger partial charge < -0.3 is 11.1 Å². The van der Waals surface area contributed by atoms with Gasteiger partial charge in [-0.25, -0.2) is 0 Å². The number of hydrogen-bond acceptors (Lipinski definition) is 3. The second kappa shape index (κ2) is 5.98. The number of hydrogen-bond donors (Lipinski definition) is 2. The summed E-state index contributed by atoms with van der Waals surface area (Å²) in [6.45, 7) is 7.70. The summed E-state index contributed by atoms with van der Waals surface area (Å²) in [5, 5.41) is 2.75. The first-order valence-electron chi connectivity index (χ1n) is 5.30. The molecule has 17 heavy (non-hydrogen) atoms. The third-order valence-electron chi connectivity index (χ3n) is 2.39. The van der Waals surface area contributed by atoms with Crippen LogP contribution in [0.2, 0.25) is 0 Å². The number of carbonyl (C=O) groups is 1. The maximum Gasteiger partial charge on any atom is 0.241 e. The maximum atomic E-state index is 11.8. The van der Waals surface area contributed by atoms with Gasteiger partial charge in [0.05, 0.1) is 17.9 Å². The van der Waals surface area contributed by atoms with Crippen molar-refractivity contribution in [3.8, 4) is 0 Å². The van der Waals surface area contributed by atoms with E-state index >= 15 is 0 Å². The molecule has 0 aliphatic heterocycles. The lowest BCUT2D eigenvalue weighted by Crippen LogP contribution is -2.45. The van der Waals surface area contributed by atoms with E-state index in [1.54, 1.807) is 6.20 Å². The van der Waals surface area contributed by atoms with Crippen LogP contribution in [0.1, 0.15) is 26.5 Å². The molecule has 0 radical (unpaired) electrons. The number of halogens is 1. The molecule has 1 heterocycles. The normalized spacial score (nSPS) is 12.5. The molecule has 3 N–H and O–H groups in total. The topological polar surface area (TPSA) is 68.0 Å². The molecular formula is C12H20ClN3O. The van der Waals surface area contributed by atoms with Gasteiger partial charge in [-0.15, -0.1) is 12.4 Å². The molecule has 0 saturated heterocycles. The molecule has 0 unspecified atom stereocenters. The number of amides is 1. The summed E-state index contributed by atoms with van der Waals surface area (Å²) in [5.74, 6) is -0.182. The SMILES string of the molecule is Cc1ccc(NC(=O)[C@@H](N)C(C)(C)C)cn1.Cl. The summed E-state index contributed by atoms with van der Waals surface area (Å²) >= 11 is 0. The van der Waals surface area contributed by atoms with Crippen LogP contribution < -0.4 is 11.1 Å². The second-order valence-electron chi connectivity index (χ2n) is 5.02. The van der Waals surface area contributed by atoms with Crippen LogP contribution in [0.4, 0.5) is 5.69 Å². The van der Waals surface area contributed by atoms with Crippen molar-refractivity contribution in [3.05, 3.63) is 24.0 Å². The molecule has 96 valence electrons. The molecule has 4 nitrogen and oxygen atoms in total. The first-order chi connectivity index (χ1) is 7.30. The zero-order chi connectivity index (χ0) is 12.3. The molecule has 0 spiro atoms. The van der Waals surface area contributed by atoms with Gasteiger partial charge in [-0.3, -0.25) is 9.78 Å². The number of carbonyl (C=O) groups excluding carboxylic acids is 1. The molecule has 0 aliphatic carbocycles. The molecule has 1 aromatic heterocycles. The highest BCUT2D eigenvalue weighted by molar-refractivity contribution is 5.95. The fourth-order valence-corrected chi connectivity index (χ4v) is 1.16. The van der Waals surface area contributed by atoms with Gasteiger partial charge in [0.1, 0.15) is 0 Å². The summed E-state index contributed by atoms with van der Waals surface area (Å²) in [6, 6.07) is 3.13. The average molecular weight is 258 g/mol. The largest absolute Gasteiger partial charge is 0.323 e. The Morgan fingerprint density at radius 1 is 1.41 bits per heavy atom. The first kappa shape index (κ1) is 15.9. The van der Waals surface area contributed by atoms with Crippen molar-refractivity contribution in [1.82, 2.24) is 4.98 Å². The van der Waals surface area contributed by atoms with Gasteiger partial charge in [0.2, 0.25) is 5.91 Å². The lowest BCUT2D eigenvalue weighted by molar-refractivity contribution is -0.119. The van der Waals surface area contributed by atoms with Crippen molar-refractivity contribution in [2.24, 2.45) is 11.1 Å². The van der Waals surface area contributed by atoms with Crippen LogP contribution in [0, 0.1) is 12.3 Å². The Kier molecular flexibility index (Phi) is 5.58.